The monoisotopic (exact) mass is 704 g/mol. The number of nitrogens with zero attached hydrogens (tertiary/aromatic N) is 2. The molecule has 2 aliphatic heterocycles. The van der Waals surface area contributed by atoms with Gasteiger partial charge in [-0.3, -0.25) is 4.79 Å². The van der Waals surface area contributed by atoms with Gasteiger partial charge in [0.15, 0.2) is 47.3 Å². The molecule has 2 N–H and O–H groups in total. The molecule has 0 aliphatic carbocycles. The largest absolute Gasteiger partial charge is 0.493 e. The lowest BCUT2D eigenvalue weighted by atomic mass is 9.99. The lowest BCUT2D eigenvalue weighted by molar-refractivity contribution is -0.0842. The molecule has 4 aromatic rings. The molecular formula is C36H37ClN4O9. The Bertz CT molecular complexity index is 1900. The summed E-state index contributed by atoms with van der Waals surface area (Å²) in [6.45, 7) is 0.0456. The maximum atomic E-state index is 12.7. The third kappa shape index (κ3) is 7.09. The van der Waals surface area contributed by atoms with Crippen molar-refractivity contribution in [2.75, 3.05) is 54.6 Å². The normalized spacial score (nSPS) is 16.3. The molecule has 0 bridgehead atoms. The molecule has 0 saturated carbocycles. The third-order valence-corrected chi connectivity index (χ3v) is 8.44. The quantitative estimate of drug-likeness (QED) is 0.119. The van der Waals surface area contributed by atoms with Crippen molar-refractivity contribution in [1.29, 1.82) is 0 Å². The van der Waals surface area contributed by atoms with Crippen molar-refractivity contribution in [1.82, 2.24) is 10.4 Å². The predicted molar refractivity (Wildman–Crippen MR) is 186 cm³/mol. The minimum Gasteiger partial charge on any atom is -0.493 e. The summed E-state index contributed by atoms with van der Waals surface area (Å²) in [5.74, 6) is 3.28. The van der Waals surface area contributed by atoms with Gasteiger partial charge in [-0.05, 0) is 65.7 Å². The highest BCUT2D eigenvalue weighted by Gasteiger charge is 2.28. The third-order valence-electron chi connectivity index (χ3n) is 8.20. The number of hydrogen-bond acceptors (Lipinski definition) is 12. The highest BCUT2D eigenvalue weighted by atomic mass is 35.5. The number of nitrogens with one attached hydrogen (secondary N) is 2. The van der Waals surface area contributed by atoms with Gasteiger partial charge in [0.05, 0.1) is 46.8 Å². The second-order valence-electron chi connectivity index (χ2n) is 11.3. The fraction of sp³-hybridized carbons (Fsp3) is 0.278. The Balaban J connectivity index is 1.10. The van der Waals surface area contributed by atoms with Crippen molar-refractivity contribution in [3.05, 3.63) is 94.0 Å². The minimum atomic E-state index is -0.475. The summed E-state index contributed by atoms with van der Waals surface area (Å²) >= 11 is 6.07. The molecule has 0 saturated heterocycles. The number of oxime groups is 1. The Labute approximate surface area is 294 Å². The summed E-state index contributed by atoms with van der Waals surface area (Å²) < 4.78 is 33.7. The van der Waals surface area contributed by atoms with Gasteiger partial charge in [0, 0.05) is 29.7 Å². The molecule has 14 heteroatoms. The number of halogens is 1. The first-order valence-electron chi connectivity index (χ1n) is 15.5. The number of hydrogen-bond donors (Lipinski definition) is 2. The highest BCUT2D eigenvalue weighted by Crippen LogP contribution is 2.41. The van der Waals surface area contributed by atoms with Gasteiger partial charge in [-0.2, -0.15) is 0 Å². The van der Waals surface area contributed by atoms with E-state index in [0.717, 1.165) is 22.4 Å². The van der Waals surface area contributed by atoms with Crippen LogP contribution in [0, 0.1) is 0 Å². The first-order valence-corrected chi connectivity index (χ1v) is 15.9. The van der Waals surface area contributed by atoms with E-state index < -0.39 is 6.17 Å². The van der Waals surface area contributed by atoms with Gasteiger partial charge in [0.25, 0.3) is 5.91 Å². The molecule has 0 fully saturated rings. The molecule has 2 aliphatic rings. The number of fused-ring (bicyclic) bond motifs is 1. The molecule has 0 radical (unpaired) electrons. The molecule has 1 amide bonds. The molecule has 13 nitrogen and oxygen atoms in total. The molecular weight excluding hydrogens is 668 g/mol. The Hall–Kier alpha value is -5.53. The molecule has 2 heterocycles. The number of methoxy groups -OCH3 is 5. The van der Waals surface area contributed by atoms with E-state index in [1.807, 2.05) is 36.4 Å². The smallest absolute Gasteiger partial charge is 0.255 e. The zero-order valence-corrected chi connectivity index (χ0v) is 29.1. The highest BCUT2D eigenvalue weighted by molar-refractivity contribution is 6.31. The fourth-order valence-corrected chi connectivity index (χ4v) is 5.85. The second kappa shape index (κ2) is 14.9. The van der Waals surface area contributed by atoms with Gasteiger partial charge in [-0.15, -0.1) is 5.06 Å². The number of hydroxylamine groups is 2. The van der Waals surface area contributed by atoms with Crippen molar-refractivity contribution >= 4 is 28.9 Å². The summed E-state index contributed by atoms with van der Waals surface area (Å²) in [5.41, 5.74) is 4.31. The van der Waals surface area contributed by atoms with Gasteiger partial charge >= 0.3 is 0 Å². The van der Waals surface area contributed by atoms with Gasteiger partial charge in [0.2, 0.25) is 5.75 Å². The van der Waals surface area contributed by atoms with E-state index in [-0.39, 0.29) is 18.7 Å². The molecule has 0 spiro atoms. The Kier molecular flexibility index (Phi) is 10.3. The lowest BCUT2D eigenvalue weighted by Gasteiger charge is -2.28. The van der Waals surface area contributed by atoms with Crippen LogP contribution in [0.2, 0.25) is 5.02 Å². The Morgan fingerprint density at radius 3 is 2.16 bits per heavy atom. The van der Waals surface area contributed by atoms with Crippen molar-refractivity contribution in [3.63, 3.8) is 0 Å². The number of benzene rings is 4. The van der Waals surface area contributed by atoms with E-state index >= 15 is 0 Å². The van der Waals surface area contributed by atoms with Crippen LogP contribution in [-0.4, -0.2) is 66.0 Å². The summed E-state index contributed by atoms with van der Waals surface area (Å²) in [6.07, 6.45) is -0.339. The number of carbonyl (C=O) groups is 1. The Morgan fingerprint density at radius 1 is 0.780 bits per heavy atom. The molecule has 6 rings (SSSR count). The summed E-state index contributed by atoms with van der Waals surface area (Å²) in [7, 11) is 9.55. The van der Waals surface area contributed by atoms with E-state index in [4.69, 9.17) is 49.7 Å². The first kappa shape index (κ1) is 34.3. The van der Waals surface area contributed by atoms with Crippen LogP contribution in [0.25, 0.3) is 0 Å². The number of rotatable bonds is 13. The maximum Gasteiger partial charge on any atom is 0.255 e. The second-order valence-corrected chi connectivity index (χ2v) is 11.7. The topological polar surface area (TPSA) is 131 Å². The van der Waals surface area contributed by atoms with E-state index in [0.29, 0.717) is 62.9 Å². The van der Waals surface area contributed by atoms with Crippen LogP contribution in [-0.2, 0) is 4.84 Å². The van der Waals surface area contributed by atoms with Gasteiger partial charge in [0.1, 0.15) is 6.17 Å². The maximum absolute atomic E-state index is 12.7. The summed E-state index contributed by atoms with van der Waals surface area (Å²) in [6, 6.07) is 19.8. The molecule has 0 aromatic heterocycles. The van der Waals surface area contributed by atoms with Crippen molar-refractivity contribution in [2.45, 2.75) is 18.7 Å². The van der Waals surface area contributed by atoms with Crippen LogP contribution in [0.3, 0.4) is 0 Å². The van der Waals surface area contributed by atoms with Crippen molar-refractivity contribution in [3.8, 4) is 40.2 Å². The zero-order valence-electron chi connectivity index (χ0n) is 28.4. The average molecular weight is 705 g/mol. The summed E-state index contributed by atoms with van der Waals surface area (Å²) in [5, 5.41) is 12.6. The van der Waals surface area contributed by atoms with Crippen LogP contribution < -0.4 is 43.9 Å². The van der Waals surface area contributed by atoms with E-state index in [2.05, 4.69) is 15.8 Å². The van der Waals surface area contributed by atoms with Crippen LogP contribution in [0.1, 0.15) is 45.7 Å². The first-order chi connectivity index (χ1) is 24.2. The molecule has 2 atom stereocenters. The molecule has 4 aromatic carbocycles. The van der Waals surface area contributed by atoms with Crippen molar-refractivity contribution in [2.24, 2.45) is 5.16 Å². The molecule has 262 valence electrons. The van der Waals surface area contributed by atoms with E-state index in [1.165, 1.54) is 5.06 Å². The predicted octanol–water partition coefficient (Wildman–Crippen LogP) is 6.36. The molecule has 2 unspecified atom stereocenters. The number of amides is 1. The van der Waals surface area contributed by atoms with Crippen LogP contribution >= 0.6 is 11.6 Å². The van der Waals surface area contributed by atoms with E-state index in [1.54, 1.807) is 72.9 Å². The van der Waals surface area contributed by atoms with Gasteiger partial charge in [-0.1, -0.05) is 28.9 Å². The fourth-order valence-electron chi connectivity index (χ4n) is 5.67. The number of anilines is 1. The molecule has 50 heavy (non-hydrogen) atoms. The van der Waals surface area contributed by atoms with E-state index in [9.17, 15) is 4.79 Å². The zero-order chi connectivity index (χ0) is 35.4. The van der Waals surface area contributed by atoms with Gasteiger partial charge < -0.3 is 48.7 Å². The van der Waals surface area contributed by atoms with Crippen LogP contribution in [0.15, 0.2) is 71.9 Å². The van der Waals surface area contributed by atoms with Crippen LogP contribution in [0.5, 0.6) is 40.2 Å². The number of ether oxygens (including phenoxy) is 6. The van der Waals surface area contributed by atoms with Crippen molar-refractivity contribution < 1.29 is 42.9 Å². The van der Waals surface area contributed by atoms with Crippen LogP contribution in [0.4, 0.5) is 5.69 Å². The average Bonchev–Trinajstić information content (AvgIpc) is 3.64. The van der Waals surface area contributed by atoms with Gasteiger partial charge in [-0.25, -0.2) is 0 Å². The Morgan fingerprint density at radius 2 is 1.46 bits per heavy atom. The lowest BCUT2D eigenvalue weighted by Crippen LogP contribution is -2.38. The minimum absolute atomic E-state index is 0.0456. The SMILES string of the molecule is COc1cc(C2NC(=O)c3cc(Cl)ccc3N2)ccc1OCN(C)Oc1cc(C2CC(c3cc(OC)c(OC)c(OC)c3)=NO2)ccc1OC. The standard InChI is InChI=1S/C36H37ClN4O9/c1-41(19-48-28-12-8-21(14-30(28)44-3)35-38-25-10-9-23(37)17-24(25)36(42)39-35)50-31-13-20(7-11-27(31)43-2)29-18-26(40-49-29)22-15-32(45-4)34(47-6)33(16-22)46-5/h7-17,29,35,38H,18-19H2,1-6H3,(H,39,42). The number of carbonyl (C=O) groups excluding carboxylic acids is 1. The summed E-state index contributed by atoms with van der Waals surface area (Å²) in [4.78, 5) is 24.7.